The third kappa shape index (κ3) is 6.71. The van der Waals surface area contributed by atoms with Crippen LogP contribution in [0.25, 0.3) is 0 Å². The molecule has 0 fully saturated rings. The highest BCUT2D eigenvalue weighted by atomic mass is 19.3. The highest BCUT2D eigenvalue weighted by Crippen LogP contribution is 2.21. The number of carbonyl (C=O) groups excluding carboxylic acids is 1. The van der Waals surface area contributed by atoms with Gasteiger partial charge in [0.25, 0.3) is 0 Å². The molecule has 0 saturated carbocycles. The van der Waals surface area contributed by atoms with E-state index in [4.69, 9.17) is 0 Å². The molecule has 0 aliphatic rings. The Bertz CT molecular complexity index is 484. The lowest BCUT2D eigenvalue weighted by atomic mass is 10.1. The van der Waals surface area contributed by atoms with Crippen LogP contribution in [0.3, 0.4) is 0 Å². The fraction of sp³-hybridized carbons (Fsp3) is 0.533. The van der Waals surface area contributed by atoms with E-state index in [2.05, 4.69) is 15.4 Å². The standard InChI is InChI=1S/C15H22F2N2O3/c1-3-12(20)6-7-18-15(21)19-9-11-8-10(2)4-5-13(11)22-14(16)17/h4-5,8,12,14,20H,3,6-7,9H2,1-2H3,(H2,18,19,21). The molecule has 7 heteroatoms. The molecule has 1 aromatic carbocycles. The van der Waals surface area contributed by atoms with Crippen molar-refractivity contribution in [1.29, 1.82) is 0 Å². The van der Waals surface area contributed by atoms with Crippen LogP contribution < -0.4 is 15.4 Å². The second-order valence-corrected chi connectivity index (χ2v) is 4.95. The highest BCUT2D eigenvalue weighted by Gasteiger charge is 2.11. The molecule has 0 heterocycles. The summed E-state index contributed by atoms with van der Waals surface area (Å²) in [5.41, 5.74) is 1.36. The summed E-state index contributed by atoms with van der Waals surface area (Å²) in [4.78, 5) is 11.6. The number of alkyl halides is 2. The van der Waals surface area contributed by atoms with Crippen LogP contribution in [0.2, 0.25) is 0 Å². The molecular weight excluding hydrogens is 294 g/mol. The average molecular weight is 316 g/mol. The number of hydrogen-bond donors (Lipinski definition) is 3. The summed E-state index contributed by atoms with van der Waals surface area (Å²) in [6, 6.07) is 4.37. The second-order valence-electron chi connectivity index (χ2n) is 4.95. The van der Waals surface area contributed by atoms with Gasteiger partial charge in [-0.1, -0.05) is 24.6 Å². The summed E-state index contributed by atoms with van der Waals surface area (Å²) in [5.74, 6) is 0.0438. The van der Waals surface area contributed by atoms with Gasteiger partial charge in [-0.25, -0.2) is 4.79 Å². The van der Waals surface area contributed by atoms with Crippen molar-refractivity contribution in [1.82, 2.24) is 10.6 Å². The van der Waals surface area contributed by atoms with Gasteiger partial charge in [0.05, 0.1) is 6.10 Å². The molecule has 1 rings (SSSR count). The van der Waals surface area contributed by atoms with Crippen LogP contribution in [0.1, 0.15) is 30.9 Å². The molecule has 1 unspecified atom stereocenters. The van der Waals surface area contributed by atoms with Gasteiger partial charge in [0.2, 0.25) is 0 Å². The van der Waals surface area contributed by atoms with Gasteiger partial charge in [0.15, 0.2) is 0 Å². The molecule has 124 valence electrons. The number of aliphatic hydroxyl groups excluding tert-OH is 1. The van der Waals surface area contributed by atoms with Gasteiger partial charge in [-0.05, 0) is 25.8 Å². The maximum absolute atomic E-state index is 12.3. The molecule has 0 saturated heterocycles. The van der Waals surface area contributed by atoms with E-state index in [1.165, 1.54) is 6.07 Å². The number of carbonyl (C=O) groups is 1. The van der Waals surface area contributed by atoms with Crippen LogP contribution in [0.4, 0.5) is 13.6 Å². The van der Waals surface area contributed by atoms with Crippen molar-refractivity contribution >= 4 is 6.03 Å². The minimum Gasteiger partial charge on any atom is -0.434 e. The number of aryl methyl sites for hydroxylation is 1. The lowest BCUT2D eigenvalue weighted by Crippen LogP contribution is -2.36. The Morgan fingerprint density at radius 2 is 2.09 bits per heavy atom. The molecule has 0 aliphatic carbocycles. The van der Waals surface area contributed by atoms with E-state index in [9.17, 15) is 18.7 Å². The summed E-state index contributed by atoms with van der Waals surface area (Å²) < 4.78 is 29.1. The first-order chi connectivity index (χ1) is 10.4. The lowest BCUT2D eigenvalue weighted by molar-refractivity contribution is -0.0504. The normalized spacial score (nSPS) is 12.1. The summed E-state index contributed by atoms with van der Waals surface area (Å²) in [5, 5.41) is 14.5. The van der Waals surface area contributed by atoms with Crippen molar-refractivity contribution in [2.75, 3.05) is 6.54 Å². The van der Waals surface area contributed by atoms with Crippen molar-refractivity contribution in [3.8, 4) is 5.75 Å². The predicted octanol–water partition coefficient (Wildman–Crippen LogP) is 2.56. The van der Waals surface area contributed by atoms with E-state index >= 15 is 0 Å². The summed E-state index contributed by atoms with van der Waals surface area (Å²) in [6.07, 6.45) is 0.651. The molecule has 0 radical (unpaired) electrons. The topological polar surface area (TPSA) is 70.6 Å². The molecule has 3 N–H and O–H groups in total. The minimum absolute atomic E-state index is 0.0438. The quantitative estimate of drug-likeness (QED) is 0.690. The average Bonchev–Trinajstić information content (AvgIpc) is 2.46. The Kier molecular flexibility index (Phi) is 7.59. The van der Waals surface area contributed by atoms with Crippen LogP contribution in [0, 0.1) is 6.92 Å². The molecule has 0 aromatic heterocycles. The van der Waals surface area contributed by atoms with Gasteiger partial charge >= 0.3 is 12.6 Å². The summed E-state index contributed by atoms with van der Waals surface area (Å²) in [6.45, 7) is 1.18. The number of ether oxygens (including phenoxy) is 1. The zero-order valence-corrected chi connectivity index (χ0v) is 12.7. The number of halogens is 2. The number of rotatable bonds is 8. The second kappa shape index (κ2) is 9.19. The molecule has 0 spiro atoms. The first-order valence-electron chi connectivity index (χ1n) is 7.16. The van der Waals surface area contributed by atoms with E-state index in [0.29, 0.717) is 24.9 Å². The fourth-order valence-corrected chi connectivity index (χ4v) is 1.85. The third-order valence-corrected chi connectivity index (χ3v) is 3.11. The Morgan fingerprint density at radius 3 is 2.73 bits per heavy atom. The van der Waals surface area contributed by atoms with Crippen LogP contribution in [0.15, 0.2) is 18.2 Å². The van der Waals surface area contributed by atoms with Crippen molar-refractivity contribution in [3.05, 3.63) is 29.3 Å². The maximum Gasteiger partial charge on any atom is 0.387 e. The lowest BCUT2D eigenvalue weighted by Gasteiger charge is -2.13. The van der Waals surface area contributed by atoms with Crippen LogP contribution >= 0.6 is 0 Å². The first kappa shape index (κ1) is 18.2. The van der Waals surface area contributed by atoms with Crippen molar-refractivity contribution in [2.24, 2.45) is 0 Å². The highest BCUT2D eigenvalue weighted by molar-refractivity contribution is 5.73. The molecule has 22 heavy (non-hydrogen) atoms. The molecule has 1 atom stereocenters. The molecule has 1 aromatic rings. The van der Waals surface area contributed by atoms with Crippen molar-refractivity contribution in [3.63, 3.8) is 0 Å². The van der Waals surface area contributed by atoms with Gasteiger partial charge in [0, 0.05) is 18.7 Å². The third-order valence-electron chi connectivity index (χ3n) is 3.11. The summed E-state index contributed by atoms with van der Waals surface area (Å²) in [7, 11) is 0. The van der Waals surface area contributed by atoms with Crippen LogP contribution in [0.5, 0.6) is 5.75 Å². The Labute approximate surface area is 128 Å². The Morgan fingerprint density at radius 1 is 1.36 bits per heavy atom. The minimum atomic E-state index is -2.91. The van der Waals surface area contributed by atoms with Gasteiger partial charge in [-0.15, -0.1) is 0 Å². The molecule has 5 nitrogen and oxygen atoms in total. The van der Waals surface area contributed by atoms with Gasteiger partial charge in [-0.3, -0.25) is 0 Å². The SMILES string of the molecule is CCC(O)CCNC(=O)NCc1cc(C)ccc1OC(F)F. The maximum atomic E-state index is 12.3. The van der Waals surface area contributed by atoms with E-state index in [1.54, 1.807) is 12.1 Å². The molecular formula is C15H22F2N2O3. The largest absolute Gasteiger partial charge is 0.434 e. The van der Waals surface area contributed by atoms with E-state index in [0.717, 1.165) is 5.56 Å². The number of benzene rings is 1. The van der Waals surface area contributed by atoms with Crippen molar-refractivity contribution in [2.45, 2.75) is 45.9 Å². The van der Waals surface area contributed by atoms with E-state index < -0.39 is 18.7 Å². The zero-order valence-electron chi connectivity index (χ0n) is 12.7. The predicted molar refractivity (Wildman–Crippen MR) is 79.0 cm³/mol. The molecule has 0 aliphatic heterocycles. The van der Waals surface area contributed by atoms with Gasteiger partial charge in [-0.2, -0.15) is 8.78 Å². The van der Waals surface area contributed by atoms with Gasteiger partial charge in [0.1, 0.15) is 5.75 Å². The monoisotopic (exact) mass is 316 g/mol. The van der Waals surface area contributed by atoms with Crippen molar-refractivity contribution < 1.29 is 23.4 Å². The fourth-order valence-electron chi connectivity index (χ4n) is 1.85. The number of hydrogen-bond acceptors (Lipinski definition) is 3. The van der Waals surface area contributed by atoms with E-state index in [1.807, 2.05) is 13.8 Å². The number of aliphatic hydroxyl groups is 1. The number of urea groups is 1. The Balaban J connectivity index is 2.49. The van der Waals surface area contributed by atoms with Gasteiger partial charge < -0.3 is 20.5 Å². The van der Waals surface area contributed by atoms with Crippen LogP contribution in [-0.4, -0.2) is 30.4 Å². The number of amides is 2. The molecule has 0 bridgehead atoms. The Hall–Kier alpha value is -1.89. The summed E-state index contributed by atoms with van der Waals surface area (Å²) >= 11 is 0. The van der Waals surface area contributed by atoms with Crippen LogP contribution in [-0.2, 0) is 6.54 Å². The smallest absolute Gasteiger partial charge is 0.387 e. The number of nitrogens with one attached hydrogen (secondary N) is 2. The zero-order chi connectivity index (χ0) is 16.5. The molecule has 2 amide bonds. The first-order valence-corrected chi connectivity index (χ1v) is 7.16. The van der Waals surface area contributed by atoms with E-state index in [-0.39, 0.29) is 12.3 Å².